The number of hydrogen-bond donors (Lipinski definition) is 1. The van der Waals surface area contributed by atoms with E-state index < -0.39 is 0 Å². The normalized spacial score (nSPS) is 10.5. The quantitative estimate of drug-likeness (QED) is 0.853. The van der Waals surface area contributed by atoms with Gasteiger partial charge in [-0.25, -0.2) is 0 Å². The lowest BCUT2D eigenvalue weighted by atomic mass is 10.2. The highest BCUT2D eigenvalue weighted by Gasteiger charge is 2.04. The van der Waals surface area contributed by atoms with Crippen molar-refractivity contribution in [2.24, 2.45) is 0 Å². The third kappa shape index (κ3) is 2.69. The highest BCUT2D eigenvalue weighted by atomic mass is 127. The summed E-state index contributed by atoms with van der Waals surface area (Å²) in [6.07, 6.45) is 3.23. The minimum Gasteiger partial charge on any atom is -0.503 e. The first-order valence-corrected chi connectivity index (χ1v) is 6.29. The van der Waals surface area contributed by atoms with Gasteiger partial charge in [0.05, 0.1) is 6.20 Å². The molecule has 4 heteroatoms. The maximum Gasteiger partial charge on any atom is 0.226 e. The maximum absolute atomic E-state index is 11.4. The third-order valence-electron chi connectivity index (χ3n) is 2.55. The van der Waals surface area contributed by atoms with E-state index in [2.05, 4.69) is 22.6 Å². The zero-order chi connectivity index (χ0) is 12.4. The van der Waals surface area contributed by atoms with Crippen LogP contribution in [0.2, 0.25) is 0 Å². The van der Waals surface area contributed by atoms with E-state index in [1.54, 1.807) is 13.1 Å². The van der Waals surface area contributed by atoms with E-state index >= 15 is 0 Å². The molecule has 1 aromatic heterocycles. The van der Waals surface area contributed by atoms with Gasteiger partial charge in [-0.05, 0) is 41.1 Å². The average molecular weight is 341 g/mol. The third-order valence-corrected chi connectivity index (χ3v) is 3.60. The van der Waals surface area contributed by atoms with Crippen LogP contribution in [-0.2, 0) is 6.54 Å². The van der Waals surface area contributed by atoms with E-state index in [-0.39, 0.29) is 11.2 Å². The summed E-state index contributed by atoms with van der Waals surface area (Å²) in [5, 5.41) is 9.49. The number of rotatable bonds is 2. The summed E-state index contributed by atoms with van der Waals surface area (Å²) < 4.78 is 2.99. The predicted octanol–water partition coefficient (Wildman–Crippen LogP) is 2.52. The van der Waals surface area contributed by atoms with E-state index in [9.17, 15) is 9.90 Å². The van der Waals surface area contributed by atoms with Crippen molar-refractivity contribution in [1.29, 1.82) is 0 Å². The minimum absolute atomic E-state index is 0.198. The highest BCUT2D eigenvalue weighted by molar-refractivity contribution is 14.1. The van der Waals surface area contributed by atoms with Crippen LogP contribution >= 0.6 is 22.6 Å². The summed E-state index contributed by atoms with van der Waals surface area (Å²) in [5.41, 5.74) is 1.41. The van der Waals surface area contributed by atoms with E-state index in [0.29, 0.717) is 12.1 Å². The lowest BCUT2D eigenvalue weighted by Crippen LogP contribution is -2.11. The molecule has 0 bridgehead atoms. The molecule has 0 amide bonds. The zero-order valence-electron chi connectivity index (χ0n) is 9.35. The van der Waals surface area contributed by atoms with Gasteiger partial charge < -0.3 is 9.67 Å². The van der Waals surface area contributed by atoms with Gasteiger partial charge in [0, 0.05) is 21.9 Å². The topological polar surface area (TPSA) is 42.2 Å². The van der Waals surface area contributed by atoms with Gasteiger partial charge in [0.1, 0.15) is 0 Å². The Morgan fingerprint density at radius 3 is 2.65 bits per heavy atom. The SMILES string of the molecule is Cc1cn(Cc2ccccc2I)cc(O)c1=O. The molecule has 0 unspecified atom stereocenters. The second-order valence-electron chi connectivity index (χ2n) is 3.92. The average Bonchev–Trinajstić information content (AvgIpc) is 2.29. The van der Waals surface area contributed by atoms with Crippen molar-refractivity contribution in [3.05, 3.63) is 61.6 Å². The summed E-state index contributed by atoms with van der Waals surface area (Å²) in [5.74, 6) is -0.198. The number of halogens is 1. The molecule has 0 radical (unpaired) electrons. The molecule has 0 saturated heterocycles. The molecule has 88 valence electrons. The molecule has 0 aliphatic heterocycles. The van der Waals surface area contributed by atoms with Crippen molar-refractivity contribution in [3.63, 3.8) is 0 Å². The van der Waals surface area contributed by atoms with Crippen molar-refractivity contribution in [2.75, 3.05) is 0 Å². The second-order valence-corrected chi connectivity index (χ2v) is 5.08. The summed E-state index contributed by atoms with van der Waals surface area (Å²) in [7, 11) is 0. The minimum atomic E-state index is -0.302. The molecule has 1 N–H and O–H groups in total. The summed E-state index contributed by atoms with van der Waals surface area (Å²) in [6.45, 7) is 2.35. The number of aryl methyl sites for hydroxylation is 1. The Morgan fingerprint density at radius 1 is 1.29 bits per heavy atom. The lowest BCUT2D eigenvalue weighted by molar-refractivity contribution is 0.461. The molecule has 3 nitrogen and oxygen atoms in total. The van der Waals surface area contributed by atoms with Gasteiger partial charge in [-0.2, -0.15) is 0 Å². The first kappa shape index (κ1) is 12.2. The van der Waals surface area contributed by atoms with Gasteiger partial charge in [-0.1, -0.05) is 18.2 Å². The Hall–Kier alpha value is -1.30. The lowest BCUT2D eigenvalue weighted by Gasteiger charge is -2.09. The molecule has 0 saturated carbocycles. The Balaban J connectivity index is 2.38. The van der Waals surface area contributed by atoms with Gasteiger partial charge in [0.25, 0.3) is 0 Å². The number of pyridine rings is 1. The maximum atomic E-state index is 11.4. The van der Waals surface area contributed by atoms with Crippen LogP contribution in [0.3, 0.4) is 0 Å². The van der Waals surface area contributed by atoms with Gasteiger partial charge in [0.2, 0.25) is 5.43 Å². The van der Waals surface area contributed by atoms with E-state index in [1.807, 2.05) is 28.8 Å². The predicted molar refractivity (Wildman–Crippen MR) is 75.4 cm³/mol. The first-order valence-electron chi connectivity index (χ1n) is 5.21. The molecule has 0 fully saturated rings. The smallest absolute Gasteiger partial charge is 0.226 e. The molecule has 2 aromatic rings. The van der Waals surface area contributed by atoms with Crippen LogP contribution in [0.1, 0.15) is 11.1 Å². The molecule has 17 heavy (non-hydrogen) atoms. The van der Waals surface area contributed by atoms with Crippen molar-refractivity contribution in [1.82, 2.24) is 4.57 Å². The fourth-order valence-corrected chi connectivity index (χ4v) is 2.23. The molecule has 0 atom stereocenters. The molecular weight excluding hydrogens is 329 g/mol. The van der Waals surface area contributed by atoms with E-state index in [0.717, 1.165) is 5.56 Å². The number of aromatic nitrogens is 1. The summed E-state index contributed by atoms with van der Waals surface area (Å²) in [6, 6.07) is 8.03. The number of hydrogen-bond acceptors (Lipinski definition) is 2. The van der Waals surface area contributed by atoms with Crippen molar-refractivity contribution >= 4 is 22.6 Å². The van der Waals surface area contributed by atoms with Crippen LogP contribution in [0.25, 0.3) is 0 Å². The van der Waals surface area contributed by atoms with E-state index in [4.69, 9.17) is 0 Å². The van der Waals surface area contributed by atoms with Gasteiger partial charge in [0.15, 0.2) is 5.75 Å². The van der Waals surface area contributed by atoms with Crippen LogP contribution in [0.5, 0.6) is 5.75 Å². The Labute approximate surface area is 113 Å². The Kier molecular flexibility index (Phi) is 3.51. The molecule has 1 heterocycles. The Bertz CT molecular complexity index is 578. The van der Waals surface area contributed by atoms with Crippen LogP contribution in [0, 0.1) is 10.5 Å². The van der Waals surface area contributed by atoms with Crippen LogP contribution < -0.4 is 5.43 Å². The molecule has 1 aromatic carbocycles. The second kappa shape index (κ2) is 4.91. The molecule has 0 spiro atoms. The fourth-order valence-electron chi connectivity index (χ4n) is 1.68. The number of aromatic hydroxyl groups is 1. The highest BCUT2D eigenvalue weighted by Crippen LogP contribution is 2.14. The van der Waals surface area contributed by atoms with Crippen LogP contribution in [0.15, 0.2) is 41.5 Å². The number of nitrogens with zero attached hydrogens (tertiary/aromatic N) is 1. The van der Waals surface area contributed by atoms with Gasteiger partial charge in [-0.3, -0.25) is 4.79 Å². The summed E-state index contributed by atoms with van der Waals surface area (Å²) >= 11 is 2.27. The first-order chi connectivity index (χ1) is 8.08. The van der Waals surface area contributed by atoms with Gasteiger partial charge in [-0.15, -0.1) is 0 Å². The molecular formula is C13H12INO2. The summed E-state index contributed by atoms with van der Waals surface area (Å²) in [4.78, 5) is 11.4. The van der Waals surface area contributed by atoms with Crippen molar-refractivity contribution in [3.8, 4) is 5.75 Å². The monoisotopic (exact) mass is 341 g/mol. The number of benzene rings is 1. The Morgan fingerprint density at radius 2 is 2.00 bits per heavy atom. The van der Waals surface area contributed by atoms with Crippen molar-refractivity contribution < 1.29 is 5.11 Å². The van der Waals surface area contributed by atoms with Gasteiger partial charge >= 0.3 is 0 Å². The van der Waals surface area contributed by atoms with Crippen molar-refractivity contribution in [2.45, 2.75) is 13.5 Å². The molecule has 0 aliphatic carbocycles. The molecule has 0 aliphatic rings. The molecule has 2 rings (SSSR count). The fraction of sp³-hybridized carbons (Fsp3) is 0.154. The van der Waals surface area contributed by atoms with Crippen LogP contribution in [-0.4, -0.2) is 9.67 Å². The largest absolute Gasteiger partial charge is 0.503 e. The van der Waals surface area contributed by atoms with Crippen LogP contribution in [0.4, 0.5) is 0 Å². The zero-order valence-corrected chi connectivity index (χ0v) is 11.5. The van der Waals surface area contributed by atoms with E-state index in [1.165, 1.54) is 9.77 Å². The standard InChI is InChI=1S/C13H12INO2/c1-9-6-15(8-12(16)13(9)17)7-10-4-2-3-5-11(10)14/h2-6,8,16H,7H2,1H3.